The molecular formula is C11H12O. The van der Waals surface area contributed by atoms with Gasteiger partial charge in [0, 0.05) is 0 Å². The van der Waals surface area contributed by atoms with E-state index in [2.05, 4.69) is 12.2 Å². The zero-order chi connectivity index (χ0) is 8.55. The number of phenols is 1. The minimum absolute atomic E-state index is 0.420. The summed E-state index contributed by atoms with van der Waals surface area (Å²) in [7, 11) is 0. The molecule has 1 aliphatic carbocycles. The highest BCUT2D eigenvalue weighted by atomic mass is 16.3. The van der Waals surface area contributed by atoms with Gasteiger partial charge in [0.15, 0.2) is 0 Å². The minimum atomic E-state index is 0.420. The molecule has 62 valence electrons. The van der Waals surface area contributed by atoms with Gasteiger partial charge in [-0.1, -0.05) is 18.2 Å². The summed E-state index contributed by atoms with van der Waals surface area (Å²) in [6, 6.07) is 3.75. The summed E-state index contributed by atoms with van der Waals surface area (Å²) in [6.07, 6.45) is 6.47. The van der Waals surface area contributed by atoms with Gasteiger partial charge < -0.3 is 5.11 Å². The number of hydrogen-bond donors (Lipinski definition) is 1. The molecule has 0 radical (unpaired) electrons. The second kappa shape index (κ2) is 2.67. The number of phenolic OH excluding ortho intramolecular Hbond substituents is 1. The number of allylic oxidation sites excluding steroid dienone is 1. The van der Waals surface area contributed by atoms with Crippen molar-refractivity contribution >= 4 is 6.08 Å². The van der Waals surface area contributed by atoms with Crippen LogP contribution in [0.2, 0.25) is 0 Å². The molecule has 0 bridgehead atoms. The van der Waals surface area contributed by atoms with Crippen molar-refractivity contribution in [1.29, 1.82) is 0 Å². The Hall–Kier alpha value is -1.24. The molecule has 12 heavy (non-hydrogen) atoms. The summed E-state index contributed by atoms with van der Waals surface area (Å²) in [5.41, 5.74) is 3.60. The number of fused-ring (bicyclic) bond motifs is 1. The molecule has 0 heterocycles. The molecular weight excluding hydrogens is 148 g/mol. The lowest BCUT2D eigenvalue weighted by atomic mass is 9.93. The first-order valence-corrected chi connectivity index (χ1v) is 4.27. The average molecular weight is 160 g/mol. The number of benzene rings is 1. The molecule has 0 amide bonds. The highest BCUT2D eigenvalue weighted by Crippen LogP contribution is 2.28. The van der Waals surface area contributed by atoms with Gasteiger partial charge in [-0.2, -0.15) is 0 Å². The number of aromatic hydroxyl groups is 1. The van der Waals surface area contributed by atoms with Gasteiger partial charge in [0.2, 0.25) is 0 Å². The molecule has 0 aromatic heterocycles. The van der Waals surface area contributed by atoms with E-state index in [9.17, 15) is 5.11 Å². The zero-order valence-corrected chi connectivity index (χ0v) is 7.17. The third kappa shape index (κ3) is 1.02. The summed E-state index contributed by atoms with van der Waals surface area (Å²) < 4.78 is 0. The van der Waals surface area contributed by atoms with E-state index in [4.69, 9.17) is 0 Å². The Morgan fingerprint density at radius 3 is 3.00 bits per heavy atom. The molecule has 1 heteroatoms. The first-order valence-electron chi connectivity index (χ1n) is 4.27. The molecule has 1 aromatic rings. The predicted molar refractivity (Wildman–Crippen MR) is 50.2 cm³/mol. The van der Waals surface area contributed by atoms with Crippen LogP contribution in [0.4, 0.5) is 0 Å². The second-order valence-corrected chi connectivity index (χ2v) is 3.22. The summed E-state index contributed by atoms with van der Waals surface area (Å²) in [6.45, 7) is 1.98. The normalized spacial score (nSPS) is 14.4. The van der Waals surface area contributed by atoms with Crippen molar-refractivity contribution < 1.29 is 5.11 Å². The minimum Gasteiger partial charge on any atom is -0.508 e. The maximum atomic E-state index is 9.45. The van der Waals surface area contributed by atoms with Gasteiger partial charge in [-0.25, -0.2) is 0 Å². The van der Waals surface area contributed by atoms with Crippen molar-refractivity contribution in [3.05, 3.63) is 34.9 Å². The van der Waals surface area contributed by atoms with Crippen molar-refractivity contribution in [2.75, 3.05) is 0 Å². The smallest absolute Gasteiger partial charge is 0.118 e. The Balaban J connectivity index is 2.63. The van der Waals surface area contributed by atoms with E-state index in [0.717, 1.165) is 18.4 Å². The molecule has 0 saturated heterocycles. The van der Waals surface area contributed by atoms with Crippen LogP contribution in [0.25, 0.3) is 6.08 Å². The summed E-state index contributed by atoms with van der Waals surface area (Å²) in [5, 5.41) is 9.45. The lowest BCUT2D eigenvalue weighted by Gasteiger charge is -2.13. The van der Waals surface area contributed by atoms with E-state index in [0.29, 0.717) is 5.75 Å². The monoisotopic (exact) mass is 160 g/mol. The van der Waals surface area contributed by atoms with Crippen molar-refractivity contribution in [3.8, 4) is 5.75 Å². The largest absolute Gasteiger partial charge is 0.508 e. The molecule has 0 fully saturated rings. The fraction of sp³-hybridized carbons (Fsp3) is 0.273. The van der Waals surface area contributed by atoms with E-state index in [-0.39, 0.29) is 0 Å². The molecule has 1 nitrogen and oxygen atoms in total. The van der Waals surface area contributed by atoms with Crippen molar-refractivity contribution in [2.24, 2.45) is 0 Å². The fourth-order valence-corrected chi connectivity index (χ4v) is 1.69. The number of hydrogen-bond acceptors (Lipinski definition) is 1. The quantitative estimate of drug-likeness (QED) is 0.618. The van der Waals surface area contributed by atoms with E-state index in [1.165, 1.54) is 11.1 Å². The Kier molecular flexibility index (Phi) is 1.65. The van der Waals surface area contributed by atoms with Crippen LogP contribution in [-0.2, 0) is 6.42 Å². The first kappa shape index (κ1) is 7.41. The average Bonchev–Trinajstić information content (AvgIpc) is 2.12. The summed E-state index contributed by atoms with van der Waals surface area (Å²) in [4.78, 5) is 0. The van der Waals surface area contributed by atoms with E-state index < -0.39 is 0 Å². The standard InChI is InChI=1S/C11H12O/c1-8-10-5-3-2-4-9(10)6-7-11(8)12/h2,4,6-7,12H,3,5H2,1H3. The van der Waals surface area contributed by atoms with Gasteiger partial charge in [-0.05, 0) is 42.5 Å². The number of rotatable bonds is 0. The molecule has 1 N–H and O–H groups in total. The van der Waals surface area contributed by atoms with Crippen LogP contribution in [-0.4, -0.2) is 5.11 Å². The SMILES string of the molecule is Cc1c(O)ccc2c1CCC=C2. The van der Waals surface area contributed by atoms with E-state index >= 15 is 0 Å². The predicted octanol–water partition coefficient (Wildman–Crippen LogP) is 2.66. The van der Waals surface area contributed by atoms with Gasteiger partial charge in [-0.15, -0.1) is 0 Å². The zero-order valence-electron chi connectivity index (χ0n) is 7.17. The first-order chi connectivity index (χ1) is 5.79. The molecule has 2 rings (SSSR count). The third-order valence-corrected chi connectivity index (χ3v) is 2.46. The van der Waals surface area contributed by atoms with Crippen LogP contribution in [0.1, 0.15) is 23.1 Å². The third-order valence-electron chi connectivity index (χ3n) is 2.46. The molecule has 0 saturated carbocycles. The van der Waals surface area contributed by atoms with Gasteiger partial charge in [-0.3, -0.25) is 0 Å². The summed E-state index contributed by atoms with van der Waals surface area (Å²) >= 11 is 0. The topological polar surface area (TPSA) is 20.2 Å². The van der Waals surface area contributed by atoms with Crippen LogP contribution in [0.15, 0.2) is 18.2 Å². The Bertz CT molecular complexity index is 337. The van der Waals surface area contributed by atoms with Gasteiger partial charge >= 0.3 is 0 Å². The van der Waals surface area contributed by atoms with E-state index in [1.807, 2.05) is 13.0 Å². The summed E-state index contributed by atoms with van der Waals surface area (Å²) in [5.74, 6) is 0.420. The second-order valence-electron chi connectivity index (χ2n) is 3.22. The molecule has 0 atom stereocenters. The van der Waals surface area contributed by atoms with Crippen LogP contribution >= 0.6 is 0 Å². The molecule has 1 aromatic carbocycles. The maximum absolute atomic E-state index is 9.45. The lowest BCUT2D eigenvalue weighted by Crippen LogP contribution is -1.97. The van der Waals surface area contributed by atoms with Gasteiger partial charge in [0.05, 0.1) is 0 Å². The highest BCUT2D eigenvalue weighted by molar-refractivity contribution is 5.60. The van der Waals surface area contributed by atoms with Gasteiger partial charge in [0.1, 0.15) is 5.75 Å². The molecule has 0 aliphatic heterocycles. The fourth-order valence-electron chi connectivity index (χ4n) is 1.69. The van der Waals surface area contributed by atoms with Crippen molar-refractivity contribution in [1.82, 2.24) is 0 Å². The Labute approximate surface area is 72.4 Å². The van der Waals surface area contributed by atoms with Crippen molar-refractivity contribution in [3.63, 3.8) is 0 Å². The van der Waals surface area contributed by atoms with E-state index in [1.54, 1.807) is 6.07 Å². The van der Waals surface area contributed by atoms with Crippen LogP contribution in [0.3, 0.4) is 0 Å². The van der Waals surface area contributed by atoms with Gasteiger partial charge in [0.25, 0.3) is 0 Å². The van der Waals surface area contributed by atoms with Crippen LogP contribution in [0, 0.1) is 6.92 Å². The van der Waals surface area contributed by atoms with Crippen molar-refractivity contribution in [2.45, 2.75) is 19.8 Å². The molecule has 0 spiro atoms. The molecule has 1 aliphatic rings. The van der Waals surface area contributed by atoms with Crippen LogP contribution in [0.5, 0.6) is 5.75 Å². The molecule has 0 unspecified atom stereocenters. The lowest BCUT2D eigenvalue weighted by molar-refractivity contribution is 0.470. The van der Waals surface area contributed by atoms with Crippen LogP contribution < -0.4 is 0 Å². The Morgan fingerprint density at radius 1 is 1.33 bits per heavy atom. The Morgan fingerprint density at radius 2 is 2.17 bits per heavy atom. The highest BCUT2D eigenvalue weighted by Gasteiger charge is 2.09. The maximum Gasteiger partial charge on any atom is 0.118 e.